The first kappa shape index (κ1) is 40.1. The van der Waals surface area contributed by atoms with Crippen LogP contribution >= 0.6 is 0 Å². The van der Waals surface area contributed by atoms with Crippen LogP contribution in [0.3, 0.4) is 0 Å². The van der Waals surface area contributed by atoms with E-state index in [0.717, 1.165) is 44.9 Å². The molecule has 0 aromatic carbocycles. The molecule has 4 N–H and O–H groups in total. The molecule has 13 heteroatoms. The van der Waals surface area contributed by atoms with Crippen LogP contribution in [-0.2, 0) is 23.9 Å². The van der Waals surface area contributed by atoms with Gasteiger partial charge in [0.25, 0.3) is 5.91 Å². The molecule has 1 unspecified atom stereocenters. The van der Waals surface area contributed by atoms with Crippen LogP contribution in [0.15, 0.2) is 12.7 Å². The Bertz CT molecular complexity index is 1330. The van der Waals surface area contributed by atoms with E-state index in [2.05, 4.69) is 41.7 Å². The predicted octanol–water partition coefficient (Wildman–Crippen LogP) is 3.77. The van der Waals surface area contributed by atoms with Crippen molar-refractivity contribution >= 4 is 35.6 Å². The largest absolute Gasteiger partial charge is 0.444 e. The number of fused-ring (bicyclic) bond motifs is 1. The molecule has 1 heterocycles. The molecule has 6 atom stereocenters. The van der Waals surface area contributed by atoms with Crippen molar-refractivity contribution in [1.29, 1.82) is 0 Å². The molecule has 0 aromatic heterocycles. The second-order valence-corrected chi connectivity index (χ2v) is 17.2. The van der Waals surface area contributed by atoms with Crippen LogP contribution in [0, 0.1) is 35.0 Å². The molecular formula is C38H62N6O7. The van der Waals surface area contributed by atoms with Crippen molar-refractivity contribution in [3.63, 3.8) is 0 Å². The molecule has 0 aromatic rings. The van der Waals surface area contributed by atoms with Crippen LogP contribution in [0.5, 0.6) is 0 Å². The minimum Gasteiger partial charge on any atom is -0.444 e. The summed E-state index contributed by atoms with van der Waals surface area (Å²) < 4.78 is 5.49. The minimum atomic E-state index is -0.988. The van der Waals surface area contributed by atoms with Crippen molar-refractivity contribution in [2.24, 2.45) is 35.0 Å². The fourth-order valence-electron chi connectivity index (χ4n) is 7.91. The molecule has 3 saturated carbocycles. The first-order valence-corrected chi connectivity index (χ1v) is 18.9. The summed E-state index contributed by atoms with van der Waals surface area (Å²) in [5.41, 5.74) is -0.837. The Morgan fingerprint density at radius 2 is 1.63 bits per heavy atom. The van der Waals surface area contributed by atoms with E-state index < -0.39 is 59.5 Å². The molecule has 3 aliphatic carbocycles. The number of nitrogens with zero attached hydrogens (tertiary/aromatic N) is 2. The third-order valence-corrected chi connectivity index (χ3v) is 11.3. The SMILES string of the molecule is C=CCNC(=O)C(=O)C(CC1CC1)NC(=O)[C@@H]1[C@@H]2[C@H](CN1C(=O)[C@@H](NC(=O)N[C@H](CN(C)C(=O)OC(C)(C)C)C(C)C)C1CCCCC1)C2(C)C. The zero-order valence-electron chi connectivity index (χ0n) is 32.0. The highest BCUT2D eigenvalue weighted by Gasteiger charge is 2.69. The topological polar surface area (TPSA) is 166 Å². The van der Waals surface area contributed by atoms with Gasteiger partial charge in [0.2, 0.25) is 17.6 Å². The number of piperidine rings is 1. The molecule has 1 saturated heterocycles. The van der Waals surface area contributed by atoms with E-state index in [1.54, 1.807) is 32.7 Å². The molecule has 0 radical (unpaired) electrons. The zero-order valence-corrected chi connectivity index (χ0v) is 32.0. The summed E-state index contributed by atoms with van der Waals surface area (Å²) in [5.74, 6) is -2.10. The fraction of sp³-hybridized carbons (Fsp3) is 0.789. The standard InChI is InChI=1S/C38H62N6O7/c1-10-18-39-33(47)31(45)26(19-23-16-17-23)40-32(46)30-28-25(38(28,7)8)20-44(30)34(48)29(24-14-12-11-13-15-24)42-35(49)41-27(22(2)3)21-43(9)36(50)51-37(4,5)6/h10,22-30H,1,11-21H2,2-9H3,(H,39,47)(H,40,46)(H2,41,42,49)/t25-,26?,27+,28-,29-,30-/m0/s1. The van der Waals surface area contributed by atoms with Crippen molar-refractivity contribution < 1.29 is 33.5 Å². The van der Waals surface area contributed by atoms with Gasteiger partial charge in [-0.2, -0.15) is 0 Å². The summed E-state index contributed by atoms with van der Waals surface area (Å²) in [6, 6.07) is -3.61. The number of carbonyl (C=O) groups is 6. The summed E-state index contributed by atoms with van der Waals surface area (Å²) in [4.78, 5) is 84.0. The highest BCUT2D eigenvalue weighted by molar-refractivity contribution is 6.38. The number of ketones is 1. The maximum absolute atomic E-state index is 14.6. The van der Waals surface area contributed by atoms with Gasteiger partial charge in [-0.3, -0.25) is 19.2 Å². The summed E-state index contributed by atoms with van der Waals surface area (Å²) in [6.45, 7) is 17.8. The number of carbonyl (C=O) groups excluding carboxylic acids is 6. The molecule has 4 aliphatic rings. The molecule has 286 valence electrons. The molecule has 4 rings (SSSR count). The Morgan fingerprint density at radius 1 is 0.980 bits per heavy atom. The van der Waals surface area contributed by atoms with Crippen LogP contribution in [-0.4, -0.2) is 102 Å². The van der Waals surface area contributed by atoms with Gasteiger partial charge < -0.3 is 35.8 Å². The van der Waals surface area contributed by atoms with E-state index in [1.165, 1.54) is 11.0 Å². The van der Waals surface area contributed by atoms with Gasteiger partial charge in [-0.1, -0.05) is 65.9 Å². The van der Waals surface area contributed by atoms with Crippen LogP contribution in [0.2, 0.25) is 0 Å². The Balaban J connectivity index is 1.52. The minimum absolute atomic E-state index is 0.0318. The third-order valence-electron chi connectivity index (χ3n) is 11.3. The number of rotatable bonds is 15. The summed E-state index contributed by atoms with van der Waals surface area (Å²) in [5, 5.41) is 11.4. The zero-order chi connectivity index (χ0) is 37.8. The van der Waals surface area contributed by atoms with Crippen LogP contribution < -0.4 is 21.3 Å². The number of hydrogen-bond acceptors (Lipinski definition) is 7. The second kappa shape index (κ2) is 16.4. The van der Waals surface area contributed by atoms with Crippen LogP contribution in [0.25, 0.3) is 0 Å². The number of urea groups is 1. The van der Waals surface area contributed by atoms with Crippen molar-refractivity contribution in [3.8, 4) is 0 Å². The Hall–Kier alpha value is -3.64. The number of likely N-dealkylation sites (N-methyl/N-ethyl adjacent to an activating group) is 1. The highest BCUT2D eigenvalue weighted by atomic mass is 16.6. The van der Waals surface area contributed by atoms with Gasteiger partial charge in [-0.25, -0.2) is 9.59 Å². The number of nitrogens with one attached hydrogen (secondary N) is 4. The summed E-state index contributed by atoms with van der Waals surface area (Å²) in [6.07, 6.45) is 7.71. The molecule has 6 amide bonds. The fourth-order valence-corrected chi connectivity index (χ4v) is 7.91. The Labute approximate surface area is 303 Å². The normalized spacial score (nSPS) is 24.3. The monoisotopic (exact) mass is 714 g/mol. The molecule has 13 nitrogen and oxygen atoms in total. The third kappa shape index (κ3) is 10.2. The van der Waals surface area contributed by atoms with Gasteiger partial charge in [-0.15, -0.1) is 6.58 Å². The van der Waals surface area contributed by atoms with Gasteiger partial charge in [0.15, 0.2) is 0 Å². The average molecular weight is 715 g/mol. The van der Waals surface area contributed by atoms with Gasteiger partial charge >= 0.3 is 12.1 Å². The number of likely N-dealkylation sites (tertiary alicyclic amines) is 1. The number of ether oxygens (including phenoxy) is 1. The molecule has 0 spiro atoms. The quantitative estimate of drug-likeness (QED) is 0.148. The number of amides is 6. The molecule has 0 bridgehead atoms. The van der Waals surface area contributed by atoms with E-state index in [-0.39, 0.29) is 54.0 Å². The maximum Gasteiger partial charge on any atom is 0.410 e. The lowest BCUT2D eigenvalue weighted by molar-refractivity contribution is -0.144. The lowest BCUT2D eigenvalue weighted by Gasteiger charge is -2.37. The predicted molar refractivity (Wildman–Crippen MR) is 193 cm³/mol. The van der Waals surface area contributed by atoms with Crippen molar-refractivity contribution in [2.75, 3.05) is 26.7 Å². The van der Waals surface area contributed by atoms with E-state index in [0.29, 0.717) is 13.0 Å². The molecule has 1 aliphatic heterocycles. The Morgan fingerprint density at radius 3 is 2.20 bits per heavy atom. The first-order valence-electron chi connectivity index (χ1n) is 18.9. The lowest BCUT2D eigenvalue weighted by atomic mass is 9.83. The summed E-state index contributed by atoms with van der Waals surface area (Å²) >= 11 is 0. The Kier molecular flexibility index (Phi) is 12.9. The summed E-state index contributed by atoms with van der Waals surface area (Å²) in [7, 11) is 1.62. The van der Waals surface area contributed by atoms with Gasteiger partial charge in [-0.05, 0) is 75.0 Å². The second-order valence-electron chi connectivity index (χ2n) is 17.2. The first-order chi connectivity index (χ1) is 23.8. The van der Waals surface area contributed by atoms with Gasteiger partial charge in [0, 0.05) is 26.7 Å². The van der Waals surface area contributed by atoms with Gasteiger partial charge in [0.05, 0.1) is 12.1 Å². The van der Waals surface area contributed by atoms with Crippen molar-refractivity contribution in [2.45, 2.75) is 130 Å². The average Bonchev–Trinajstić information content (AvgIpc) is 3.91. The van der Waals surface area contributed by atoms with E-state index >= 15 is 0 Å². The number of hydrogen-bond donors (Lipinski definition) is 4. The van der Waals surface area contributed by atoms with Crippen molar-refractivity contribution in [3.05, 3.63) is 12.7 Å². The lowest BCUT2D eigenvalue weighted by Crippen LogP contribution is -2.61. The smallest absolute Gasteiger partial charge is 0.410 e. The van der Waals surface area contributed by atoms with E-state index in [9.17, 15) is 28.8 Å². The van der Waals surface area contributed by atoms with Gasteiger partial charge in [0.1, 0.15) is 17.7 Å². The highest BCUT2D eigenvalue weighted by Crippen LogP contribution is 2.65. The van der Waals surface area contributed by atoms with Crippen LogP contribution in [0.1, 0.15) is 99.8 Å². The number of Topliss-reactive ketones (excluding diaryl/α,β-unsaturated/α-hetero) is 1. The van der Waals surface area contributed by atoms with E-state index in [4.69, 9.17) is 4.74 Å². The molecule has 4 fully saturated rings. The maximum atomic E-state index is 14.6. The van der Waals surface area contributed by atoms with Crippen LogP contribution in [0.4, 0.5) is 9.59 Å². The molecule has 51 heavy (non-hydrogen) atoms. The van der Waals surface area contributed by atoms with E-state index in [1.807, 2.05) is 13.8 Å². The molecular weight excluding hydrogens is 652 g/mol. The van der Waals surface area contributed by atoms with Crippen molar-refractivity contribution in [1.82, 2.24) is 31.1 Å².